The van der Waals surface area contributed by atoms with E-state index in [1.165, 1.54) is 6.07 Å². The van der Waals surface area contributed by atoms with Gasteiger partial charge in [-0.1, -0.05) is 12.1 Å². The maximum absolute atomic E-state index is 13.0. The smallest absolute Gasteiger partial charge is 0.123 e. The van der Waals surface area contributed by atoms with E-state index in [9.17, 15) is 4.39 Å². The van der Waals surface area contributed by atoms with Crippen molar-refractivity contribution in [3.8, 4) is 0 Å². The highest BCUT2D eigenvalue weighted by atomic mass is 19.1. The minimum absolute atomic E-state index is 0.0102. The summed E-state index contributed by atoms with van der Waals surface area (Å²) in [6.07, 6.45) is 0.807. The maximum Gasteiger partial charge on any atom is 0.123 e. The average molecular weight is 223 g/mol. The normalized spacial score (nSPS) is 24.3. The summed E-state index contributed by atoms with van der Waals surface area (Å²) in [4.78, 5) is 0. The van der Waals surface area contributed by atoms with Gasteiger partial charge in [0.15, 0.2) is 0 Å². The fourth-order valence-electron chi connectivity index (χ4n) is 2.15. The van der Waals surface area contributed by atoms with E-state index in [1.807, 2.05) is 6.07 Å². The third-order valence-corrected chi connectivity index (χ3v) is 2.75. The lowest BCUT2D eigenvalue weighted by molar-refractivity contribution is 0.0135. The Labute approximate surface area is 95.8 Å². The topological polar surface area (TPSA) is 21.3 Å². The van der Waals surface area contributed by atoms with Crippen molar-refractivity contribution in [1.29, 1.82) is 0 Å². The summed E-state index contributed by atoms with van der Waals surface area (Å²) in [5, 5.41) is 3.51. The quantitative estimate of drug-likeness (QED) is 0.829. The van der Waals surface area contributed by atoms with Crippen molar-refractivity contribution < 1.29 is 9.13 Å². The Morgan fingerprint density at radius 1 is 1.50 bits per heavy atom. The molecule has 2 nitrogen and oxygen atoms in total. The number of rotatable bonds is 2. The van der Waals surface area contributed by atoms with E-state index in [1.54, 1.807) is 12.1 Å². The second-order valence-corrected chi connectivity index (χ2v) is 5.07. The van der Waals surface area contributed by atoms with Crippen LogP contribution < -0.4 is 5.32 Å². The summed E-state index contributed by atoms with van der Waals surface area (Å²) in [5.41, 5.74) is 1.02. The minimum atomic E-state index is -0.173. The van der Waals surface area contributed by atoms with Crippen LogP contribution in [0.15, 0.2) is 24.3 Å². The van der Waals surface area contributed by atoms with E-state index < -0.39 is 0 Å². The fraction of sp³-hybridized carbons (Fsp3) is 0.538. The van der Waals surface area contributed by atoms with Gasteiger partial charge in [-0.2, -0.15) is 0 Å². The molecule has 3 heteroatoms. The molecule has 1 aliphatic heterocycles. The number of benzene rings is 1. The average Bonchev–Trinajstić information content (AvgIpc) is 2.15. The lowest BCUT2D eigenvalue weighted by Gasteiger charge is -2.37. The van der Waals surface area contributed by atoms with Gasteiger partial charge in [0.2, 0.25) is 0 Å². The molecule has 1 atom stereocenters. The van der Waals surface area contributed by atoms with E-state index in [0.717, 1.165) is 18.6 Å². The van der Waals surface area contributed by atoms with Crippen molar-refractivity contribution in [3.05, 3.63) is 35.6 Å². The largest absolute Gasteiger partial charge is 0.378 e. The lowest BCUT2D eigenvalue weighted by Crippen LogP contribution is -2.56. The number of hydrogen-bond donors (Lipinski definition) is 1. The molecule has 1 aliphatic rings. The van der Waals surface area contributed by atoms with E-state index in [-0.39, 0.29) is 17.4 Å². The molecule has 0 amide bonds. The predicted octanol–water partition coefficient (Wildman–Crippen LogP) is 2.14. The second kappa shape index (κ2) is 4.52. The number of ether oxygens (including phenoxy) is 1. The van der Waals surface area contributed by atoms with Crippen LogP contribution in [0.3, 0.4) is 0 Å². The summed E-state index contributed by atoms with van der Waals surface area (Å²) in [5.74, 6) is -0.173. The van der Waals surface area contributed by atoms with Crippen molar-refractivity contribution in [2.75, 3.05) is 13.2 Å². The first-order valence-corrected chi connectivity index (χ1v) is 5.65. The third-order valence-electron chi connectivity index (χ3n) is 2.75. The molecule has 1 N–H and O–H groups in total. The Kier molecular flexibility index (Phi) is 3.26. The monoisotopic (exact) mass is 223 g/mol. The van der Waals surface area contributed by atoms with Crippen molar-refractivity contribution in [1.82, 2.24) is 5.32 Å². The lowest BCUT2D eigenvalue weighted by atomic mass is 9.99. The van der Waals surface area contributed by atoms with Crippen molar-refractivity contribution in [3.63, 3.8) is 0 Å². The third kappa shape index (κ3) is 3.03. The van der Waals surface area contributed by atoms with Gasteiger partial charge in [-0.3, -0.25) is 0 Å². The molecule has 2 rings (SSSR count). The van der Waals surface area contributed by atoms with Gasteiger partial charge in [0, 0.05) is 11.6 Å². The highest BCUT2D eigenvalue weighted by Gasteiger charge is 2.27. The first-order chi connectivity index (χ1) is 7.55. The molecule has 0 saturated carbocycles. The molecule has 0 radical (unpaired) electrons. The van der Waals surface area contributed by atoms with Gasteiger partial charge in [-0.15, -0.1) is 0 Å². The van der Waals surface area contributed by atoms with Gasteiger partial charge in [0.05, 0.1) is 13.2 Å². The zero-order chi connectivity index (χ0) is 11.6. The van der Waals surface area contributed by atoms with E-state index >= 15 is 0 Å². The van der Waals surface area contributed by atoms with Gasteiger partial charge < -0.3 is 10.1 Å². The van der Waals surface area contributed by atoms with Crippen LogP contribution in [0.4, 0.5) is 4.39 Å². The molecule has 1 fully saturated rings. The first kappa shape index (κ1) is 11.6. The zero-order valence-electron chi connectivity index (χ0n) is 9.79. The van der Waals surface area contributed by atoms with Crippen LogP contribution in [0, 0.1) is 5.82 Å². The van der Waals surface area contributed by atoms with Crippen molar-refractivity contribution in [2.24, 2.45) is 0 Å². The van der Waals surface area contributed by atoms with E-state index in [2.05, 4.69) is 19.2 Å². The second-order valence-electron chi connectivity index (χ2n) is 5.07. The van der Waals surface area contributed by atoms with Crippen LogP contribution in [0.2, 0.25) is 0 Å². The molecule has 88 valence electrons. The summed E-state index contributed by atoms with van der Waals surface area (Å²) in [6.45, 7) is 5.65. The molecule has 1 aromatic carbocycles. The molecule has 0 aromatic heterocycles. The number of halogens is 1. The standard InChI is InChI=1S/C13H18FNO/c1-13(2)9-16-8-12(15-13)7-10-4-3-5-11(14)6-10/h3-6,12,15H,7-9H2,1-2H3. The molecule has 1 unspecified atom stereocenters. The Morgan fingerprint density at radius 2 is 2.31 bits per heavy atom. The number of hydrogen-bond acceptors (Lipinski definition) is 2. The van der Waals surface area contributed by atoms with Crippen LogP contribution in [0.1, 0.15) is 19.4 Å². The van der Waals surface area contributed by atoms with Crippen LogP contribution in [0.25, 0.3) is 0 Å². The van der Waals surface area contributed by atoms with E-state index in [4.69, 9.17) is 4.74 Å². The minimum Gasteiger partial charge on any atom is -0.378 e. The Hall–Kier alpha value is -0.930. The summed E-state index contributed by atoms with van der Waals surface area (Å²) in [7, 11) is 0. The molecule has 0 bridgehead atoms. The SMILES string of the molecule is CC1(C)COCC(Cc2cccc(F)c2)N1. The van der Waals surface area contributed by atoms with Gasteiger partial charge in [0.25, 0.3) is 0 Å². The summed E-state index contributed by atoms with van der Waals surface area (Å²) in [6, 6.07) is 7.03. The molecule has 1 saturated heterocycles. The molecule has 0 aliphatic carbocycles. The Balaban J connectivity index is 1.99. The van der Waals surface area contributed by atoms with E-state index in [0.29, 0.717) is 6.61 Å². The first-order valence-electron chi connectivity index (χ1n) is 5.65. The molecule has 1 heterocycles. The van der Waals surface area contributed by atoms with Crippen molar-refractivity contribution >= 4 is 0 Å². The molecular weight excluding hydrogens is 205 g/mol. The molecule has 16 heavy (non-hydrogen) atoms. The van der Waals surface area contributed by atoms with Crippen molar-refractivity contribution in [2.45, 2.75) is 31.8 Å². The zero-order valence-corrected chi connectivity index (χ0v) is 9.79. The van der Waals surface area contributed by atoms with Crippen LogP contribution in [0.5, 0.6) is 0 Å². The molecule has 1 aromatic rings. The predicted molar refractivity (Wildman–Crippen MR) is 61.9 cm³/mol. The number of nitrogens with one attached hydrogen (secondary N) is 1. The van der Waals surface area contributed by atoms with Gasteiger partial charge >= 0.3 is 0 Å². The molecule has 0 spiro atoms. The maximum atomic E-state index is 13.0. The highest BCUT2D eigenvalue weighted by molar-refractivity contribution is 5.17. The van der Waals surface area contributed by atoms with Gasteiger partial charge in [-0.05, 0) is 38.0 Å². The fourth-order valence-corrected chi connectivity index (χ4v) is 2.15. The van der Waals surface area contributed by atoms with Gasteiger partial charge in [0.1, 0.15) is 5.82 Å². The number of morpholine rings is 1. The Bertz CT molecular complexity index is 365. The molecular formula is C13H18FNO. The Morgan fingerprint density at radius 3 is 3.00 bits per heavy atom. The summed E-state index contributed by atoms with van der Waals surface area (Å²) < 4.78 is 18.6. The highest BCUT2D eigenvalue weighted by Crippen LogP contribution is 2.14. The van der Waals surface area contributed by atoms with Crippen LogP contribution >= 0.6 is 0 Å². The van der Waals surface area contributed by atoms with Crippen LogP contribution in [-0.4, -0.2) is 24.8 Å². The summed E-state index contributed by atoms with van der Waals surface area (Å²) >= 11 is 0. The van der Waals surface area contributed by atoms with Crippen LogP contribution in [-0.2, 0) is 11.2 Å². The van der Waals surface area contributed by atoms with Gasteiger partial charge in [-0.25, -0.2) is 4.39 Å².